The molecule has 0 spiro atoms. The molecule has 0 atom stereocenters. The lowest BCUT2D eigenvalue weighted by Crippen LogP contribution is -2.33. The smallest absolute Gasteiger partial charge is 0.0461 e. The topological polar surface area (TPSA) is 43.1 Å². The Bertz CT molecular complexity index is 1260. The van der Waals surface area contributed by atoms with E-state index in [-0.39, 0.29) is 0 Å². The Hall–Kier alpha value is -3.50. The molecule has 0 bridgehead atoms. The van der Waals surface area contributed by atoms with E-state index in [0.29, 0.717) is 0 Å². The van der Waals surface area contributed by atoms with Gasteiger partial charge in [-0.2, -0.15) is 0 Å². The molecule has 0 fully saturated rings. The van der Waals surface area contributed by atoms with Gasteiger partial charge in [0, 0.05) is 61.0 Å². The molecule has 0 aliphatic heterocycles. The summed E-state index contributed by atoms with van der Waals surface area (Å²) < 4.78 is 0. The van der Waals surface area contributed by atoms with Crippen molar-refractivity contribution in [3.63, 3.8) is 0 Å². The minimum Gasteiger partial charge on any atom is -0.384 e. The van der Waals surface area contributed by atoms with E-state index in [1.54, 1.807) is 0 Å². The van der Waals surface area contributed by atoms with Gasteiger partial charge in [-0.25, -0.2) is 0 Å². The summed E-state index contributed by atoms with van der Waals surface area (Å²) in [7, 11) is 0. The molecule has 1 heterocycles. The average Bonchev–Trinajstić information content (AvgIpc) is 3.25. The Labute approximate surface area is 229 Å². The van der Waals surface area contributed by atoms with Gasteiger partial charge in [-0.15, -0.1) is 0 Å². The van der Waals surface area contributed by atoms with Gasteiger partial charge in [-0.1, -0.05) is 29.8 Å². The second-order valence-corrected chi connectivity index (χ2v) is 11.1. The van der Waals surface area contributed by atoms with Crippen LogP contribution in [0.15, 0.2) is 60.7 Å². The van der Waals surface area contributed by atoms with Gasteiger partial charge >= 0.3 is 0 Å². The fourth-order valence-corrected chi connectivity index (χ4v) is 5.66. The third-order valence-corrected chi connectivity index (χ3v) is 7.04. The van der Waals surface area contributed by atoms with Crippen molar-refractivity contribution in [1.82, 2.24) is 9.88 Å². The maximum Gasteiger partial charge on any atom is 0.0461 e. The first-order valence-electron chi connectivity index (χ1n) is 13.8. The Balaban J connectivity index is 1.44. The van der Waals surface area contributed by atoms with Crippen molar-refractivity contribution in [2.24, 2.45) is 0 Å². The quantitative estimate of drug-likeness (QED) is 0.193. The molecule has 0 radical (unpaired) electrons. The van der Waals surface area contributed by atoms with Gasteiger partial charge in [-0.05, 0) is 118 Å². The minimum atomic E-state index is 0.882. The summed E-state index contributed by atoms with van der Waals surface area (Å²) in [4.78, 5) is 6.25. The Morgan fingerprint density at radius 3 is 1.50 bits per heavy atom. The number of aromatic amines is 1. The first-order valence-corrected chi connectivity index (χ1v) is 13.8. The van der Waals surface area contributed by atoms with Crippen molar-refractivity contribution in [1.29, 1.82) is 0 Å². The van der Waals surface area contributed by atoms with E-state index in [2.05, 4.69) is 130 Å². The Morgan fingerprint density at radius 1 is 0.579 bits per heavy atom. The SMILES string of the molecule is Cc1cc(C)cc(NCCN(CCNc2cc(C)cc(C)c2)Cc2ccc(-c3c(C)cc(C)cc3C)[nH]2)c1. The van der Waals surface area contributed by atoms with Crippen molar-refractivity contribution in [3.8, 4) is 11.3 Å². The van der Waals surface area contributed by atoms with Crippen LogP contribution in [-0.4, -0.2) is 36.1 Å². The van der Waals surface area contributed by atoms with Crippen LogP contribution in [0.25, 0.3) is 11.3 Å². The highest BCUT2D eigenvalue weighted by Crippen LogP contribution is 2.28. The second-order valence-electron chi connectivity index (χ2n) is 11.1. The summed E-state index contributed by atoms with van der Waals surface area (Å²) in [6.45, 7) is 19.8. The van der Waals surface area contributed by atoms with E-state index in [0.717, 1.165) is 32.7 Å². The van der Waals surface area contributed by atoms with Gasteiger partial charge in [0.25, 0.3) is 0 Å². The van der Waals surface area contributed by atoms with E-state index in [4.69, 9.17) is 0 Å². The summed E-state index contributed by atoms with van der Waals surface area (Å²) in [5, 5.41) is 7.29. The van der Waals surface area contributed by atoms with Crippen LogP contribution in [0.5, 0.6) is 0 Å². The molecule has 0 aliphatic rings. The average molecular weight is 509 g/mol. The number of aryl methyl sites for hydroxylation is 7. The van der Waals surface area contributed by atoms with E-state index >= 15 is 0 Å². The molecular weight excluding hydrogens is 464 g/mol. The van der Waals surface area contributed by atoms with E-state index in [9.17, 15) is 0 Å². The van der Waals surface area contributed by atoms with Crippen LogP contribution in [0.2, 0.25) is 0 Å². The molecule has 3 N–H and O–H groups in total. The van der Waals surface area contributed by atoms with Gasteiger partial charge in [0.15, 0.2) is 0 Å². The molecule has 4 rings (SSSR count). The molecule has 0 amide bonds. The second kappa shape index (κ2) is 12.4. The molecular formula is C34H44N4. The van der Waals surface area contributed by atoms with Gasteiger partial charge in [0.1, 0.15) is 0 Å². The first kappa shape index (κ1) is 27.5. The Morgan fingerprint density at radius 2 is 1.03 bits per heavy atom. The molecule has 38 heavy (non-hydrogen) atoms. The highest BCUT2D eigenvalue weighted by Gasteiger charge is 2.12. The monoisotopic (exact) mass is 508 g/mol. The van der Waals surface area contributed by atoms with Crippen LogP contribution in [-0.2, 0) is 6.54 Å². The zero-order valence-corrected chi connectivity index (χ0v) is 24.3. The summed E-state index contributed by atoms with van der Waals surface area (Å²) in [6.07, 6.45) is 0. The number of nitrogens with one attached hydrogen (secondary N) is 3. The zero-order chi connectivity index (χ0) is 27.2. The molecule has 0 saturated heterocycles. The van der Waals surface area contributed by atoms with Crippen LogP contribution < -0.4 is 10.6 Å². The highest BCUT2D eigenvalue weighted by atomic mass is 15.2. The lowest BCUT2D eigenvalue weighted by Gasteiger charge is -2.23. The lowest BCUT2D eigenvalue weighted by atomic mass is 9.98. The number of hydrogen-bond acceptors (Lipinski definition) is 3. The molecule has 1 aromatic heterocycles. The predicted octanol–water partition coefficient (Wildman–Crippen LogP) is 7.87. The fourth-order valence-electron chi connectivity index (χ4n) is 5.66. The van der Waals surface area contributed by atoms with E-state index in [1.165, 1.54) is 67.3 Å². The van der Waals surface area contributed by atoms with E-state index < -0.39 is 0 Å². The third kappa shape index (κ3) is 7.52. The van der Waals surface area contributed by atoms with E-state index in [1.807, 2.05) is 0 Å². The Kier molecular flexibility index (Phi) is 8.96. The van der Waals surface area contributed by atoms with Crippen molar-refractivity contribution >= 4 is 11.4 Å². The van der Waals surface area contributed by atoms with Gasteiger partial charge in [0.2, 0.25) is 0 Å². The predicted molar refractivity (Wildman–Crippen MR) is 165 cm³/mol. The van der Waals surface area contributed by atoms with Crippen molar-refractivity contribution in [2.75, 3.05) is 36.8 Å². The normalized spacial score (nSPS) is 11.3. The summed E-state index contributed by atoms with van der Waals surface area (Å²) in [6, 6.07) is 22.4. The largest absolute Gasteiger partial charge is 0.384 e. The van der Waals surface area contributed by atoms with Crippen LogP contribution in [0.4, 0.5) is 11.4 Å². The maximum absolute atomic E-state index is 3.72. The van der Waals surface area contributed by atoms with Gasteiger partial charge < -0.3 is 15.6 Å². The van der Waals surface area contributed by atoms with Crippen LogP contribution in [0, 0.1) is 48.5 Å². The van der Waals surface area contributed by atoms with Gasteiger partial charge in [-0.3, -0.25) is 4.90 Å². The van der Waals surface area contributed by atoms with Crippen LogP contribution in [0.1, 0.15) is 44.6 Å². The zero-order valence-electron chi connectivity index (χ0n) is 24.3. The van der Waals surface area contributed by atoms with Crippen molar-refractivity contribution in [2.45, 2.75) is 55.0 Å². The summed E-state index contributed by atoms with van der Waals surface area (Å²) in [5.74, 6) is 0. The number of benzene rings is 3. The molecule has 0 saturated carbocycles. The maximum atomic E-state index is 3.72. The summed E-state index contributed by atoms with van der Waals surface area (Å²) in [5.41, 5.74) is 15.3. The molecule has 4 nitrogen and oxygen atoms in total. The number of nitrogens with zero attached hydrogens (tertiary/aromatic N) is 1. The van der Waals surface area contributed by atoms with Crippen molar-refractivity contribution < 1.29 is 0 Å². The molecule has 0 unspecified atom stereocenters. The molecule has 0 aliphatic carbocycles. The third-order valence-electron chi connectivity index (χ3n) is 7.04. The number of hydrogen-bond donors (Lipinski definition) is 3. The molecule has 3 aromatic carbocycles. The molecule has 200 valence electrons. The molecule has 4 aromatic rings. The van der Waals surface area contributed by atoms with Crippen LogP contribution in [0.3, 0.4) is 0 Å². The summed E-state index contributed by atoms with van der Waals surface area (Å²) >= 11 is 0. The standard InChI is InChI=1S/C34H44N4/c1-23-14-24(2)19-31(18-23)35-10-12-38(13-11-36-32-20-25(3)15-26(4)21-32)22-30-8-9-33(37-30)34-28(6)16-27(5)17-29(34)7/h8-9,14-21,35-37H,10-13,22H2,1-7H3. The van der Waals surface area contributed by atoms with Crippen molar-refractivity contribution in [3.05, 3.63) is 105 Å². The number of aromatic nitrogens is 1. The molecule has 4 heteroatoms. The van der Waals surface area contributed by atoms with Crippen LogP contribution >= 0.6 is 0 Å². The number of H-pyrrole nitrogens is 1. The fraction of sp³-hybridized carbons (Fsp3) is 0.353. The minimum absolute atomic E-state index is 0.882. The lowest BCUT2D eigenvalue weighted by molar-refractivity contribution is 0.284. The number of rotatable bonds is 11. The van der Waals surface area contributed by atoms with Gasteiger partial charge in [0.05, 0.1) is 0 Å². The highest BCUT2D eigenvalue weighted by molar-refractivity contribution is 5.68. The first-order chi connectivity index (χ1) is 18.2. The number of anilines is 2.